The minimum absolute atomic E-state index is 0.0238. The number of cyclic esters (lactones) is 1. The van der Waals surface area contributed by atoms with E-state index in [4.69, 9.17) is 14.2 Å². The highest BCUT2D eigenvalue weighted by atomic mass is 16.6. The lowest BCUT2D eigenvalue weighted by Gasteiger charge is -2.71. The van der Waals surface area contributed by atoms with E-state index < -0.39 is 17.3 Å². The van der Waals surface area contributed by atoms with E-state index in [1.807, 2.05) is 6.92 Å². The molecule has 7 heteroatoms. The van der Waals surface area contributed by atoms with Gasteiger partial charge in [-0.3, -0.25) is 14.4 Å². The van der Waals surface area contributed by atoms with Gasteiger partial charge in [0.25, 0.3) is 0 Å². The molecule has 0 amide bonds. The van der Waals surface area contributed by atoms with Gasteiger partial charge < -0.3 is 19.3 Å². The first kappa shape index (κ1) is 27.9. The fourth-order valence-corrected chi connectivity index (χ4v) is 11.1. The molecule has 0 bridgehead atoms. The topological polar surface area (TPSA) is 99.1 Å². The zero-order valence-corrected chi connectivity index (χ0v) is 24.6. The van der Waals surface area contributed by atoms with Crippen molar-refractivity contribution >= 4 is 17.9 Å². The zero-order chi connectivity index (χ0) is 28.1. The van der Waals surface area contributed by atoms with Crippen LogP contribution in [0, 0.1) is 39.4 Å². The van der Waals surface area contributed by atoms with E-state index >= 15 is 0 Å². The predicted molar refractivity (Wildman–Crippen MR) is 141 cm³/mol. The van der Waals surface area contributed by atoms with Gasteiger partial charge in [0.05, 0.1) is 0 Å². The Labute approximate surface area is 227 Å². The van der Waals surface area contributed by atoms with Crippen LogP contribution in [-0.4, -0.2) is 46.4 Å². The number of rotatable bonds is 3. The average molecular weight is 533 g/mol. The van der Waals surface area contributed by atoms with E-state index in [9.17, 15) is 19.5 Å². The van der Waals surface area contributed by atoms with Gasteiger partial charge in [0.2, 0.25) is 0 Å². The third kappa shape index (κ3) is 3.51. The van der Waals surface area contributed by atoms with Crippen molar-refractivity contribution < 1.29 is 33.7 Å². The fraction of sp³-hybridized carbons (Fsp3) is 0.903. The standard InChI is InChI=1S/C31H48O7/c1-18(32)36-20-17-22-27(5)12-10-23(37-19(2)33)26(3,4)21(27)9-13-28(22,6)29(7)15-16-31(35,25(20)29)30(8)14-11-24(34)38-30/h20-23,25,35H,9-17H2,1-8H3/t20-,21?,22-,23-,25?,27+,28-,29-,30+,31-/m1/s1. The summed E-state index contributed by atoms with van der Waals surface area (Å²) in [5, 5.41) is 12.5. The maximum absolute atomic E-state index is 12.5. The van der Waals surface area contributed by atoms with Gasteiger partial charge >= 0.3 is 17.9 Å². The van der Waals surface area contributed by atoms with Crippen LogP contribution in [-0.2, 0) is 28.6 Å². The molecule has 2 unspecified atom stereocenters. The van der Waals surface area contributed by atoms with Gasteiger partial charge in [0, 0.05) is 38.0 Å². The second-order valence-corrected chi connectivity index (χ2v) is 14.9. The molecule has 4 aliphatic carbocycles. The van der Waals surface area contributed by atoms with Crippen molar-refractivity contribution in [2.24, 2.45) is 39.4 Å². The summed E-state index contributed by atoms with van der Waals surface area (Å²) < 4.78 is 17.8. The fourth-order valence-electron chi connectivity index (χ4n) is 11.1. The van der Waals surface area contributed by atoms with Crippen LogP contribution in [0.1, 0.15) is 113 Å². The first-order chi connectivity index (χ1) is 17.4. The normalized spacial score (nSPS) is 51.3. The molecule has 0 radical (unpaired) electrons. The summed E-state index contributed by atoms with van der Waals surface area (Å²) >= 11 is 0. The zero-order valence-electron chi connectivity index (χ0n) is 24.6. The minimum atomic E-state index is -1.26. The Hall–Kier alpha value is -1.63. The van der Waals surface area contributed by atoms with Crippen LogP contribution in [0.4, 0.5) is 0 Å². The highest BCUT2D eigenvalue weighted by molar-refractivity contribution is 5.72. The largest absolute Gasteiger partial charge is 0.462 e. The smallest absolute Gasteiger partial charge is 0.306 e. The maximum atomic E-state index is 12.5. The number of carbonyl (C=O) groups is 3. The first-order valence-electron chi connectivity index (χ1n) is 14.7. The lowest BCUT2D eigenvalue weighted by molar-refractivity contribution is -0.273. The number of esters is 3. The van der Waals surface area contributed by atoms with Crippen molar-refractivity contribution in [2.45, 2.75) is 137 Å². The molecule has 1 aliphatic heterocycles. The number of ether oxygens (including phenoxy) is 3. The summed E-state index contributed by atoms with van der Waals surface area (Å²) in [7, 11) is 0. The number of hydrogen-bond acceptors (Lipinski definition) is 7. The van der Waals surface area contributed by atoms with Crippen LogP contribution in [0.2, 0.25) is 0 Å². The summed E-state index contributed by atoms with van der Waals surface area (Å²) in [6.45, 7) is 16.5. The molecule has 0 aromatic heterocycles. The van der Waals surface area contributed by atoms with Crippen LogP contribution in [0.3, 0.4) is 0 Å². The summed E-state index contributed by atoms with van der Waals surface area (Å²) in [5.41, 5.74) is -2.83. The molecule has 0 spiro atoms. The minimum Gasteiger partial charge on any atom is -0.462 e. The second kappa shape index (κ2) is 8.44. The van der Waals surface area contributed by atoms with Crippen molar-refractivity contribution in [3.05, 3.63) is 0 Å². The first-order valence-corrected chi connectivity index (χ1v) is 14.7. The van der Waals surface area contributed by atoms with E-state index in [0.717, 1.165) is 32.1 Å². The molecule has 10 atom stereocenters. The molecule has 5 rings (SSSR count). The Bertz CT molecular complexity index is 1040. The Kier molecular flexibility index (Phi) is 6.20. The monoisotopic (exact) mass is 532 g/mol. The lowest BCUT2D eigenvalue weighted by atomic mass is 9.35. The van der Waals surface area contributed by atoms with E-state index in [0.29, 0.717) is 31.6 Å². The van der Waals surface area contributed by atoms with Crippen LogP contribution in [0.25, 0.3) is 0 Å². The van der Waals surface area contributed by atoms with Gasteiger partial charge in [-0.25, -0.2) is 0 Å². The molecule has 0 aromatic rings. The summed E-state index contributed by atoms with van der Waals surface area (Å²) in [5.74, 6) is -0.502. The van der Waals surface area contributed by atoms with Crippen LogP contribution < -0.4 is 0 Å². The summed E-state index contributed by atoms with van der Waals surface area (Å²) in [6, 6.07) is 0. The quantitative estimate of drug-likeness (QED) is 0.386. The Morgan fingerprint density at radius 3 is 2.08 bits per heavy atom. The van der Waals surface area contributed by atoms with Crippen molar-refractivity contribution in [3.63, 3.8) is 0 Å². The molecule has 4 saturated carbocycles. The van der Waals surface area contributed by atoms with E-state index in [2.05, 4.69) is 34.6 Å². The molecule has 1 N–H and O–H groups in total. The number of fused-ring (bicyclic) bond motifs is 5. The van der Waals surface area contributed by atoms with Gasteiger partial charge in [-0.2, -0.15) is 0 Å². The lowest BCUT2D eigenvalue weighted by Crippen LogP contribution is -2.70. The third-order valence-electron chi connectivity index (χ3n) is 13.0. The van der Waals surface area contributed by atoms with Crippen molar-refractivity contribution in [1.82, 2.24) is 0 Å². The van der Waals surface area contributed by atoms with Gasteiger partial charge in [0.1, 0.15) is 23.4 Å². The van der Waals surface area contributed by atoms with Crippen LogP contribution >= 0.6 is 0 Å². The van der Waals surface area contributed by atoms with E-state index in [-0.39, 0.29) is 57.5 Å². The predicted octanol–water partition coefficient (Wildman–Crippen LogP) is 5.36. The Morgan fingerprint density at radius 2 is 1.50 bits per heavy atom. The van der Waals surface area contributed by atoms with Crippen molar-refractivity contribution in [1.29, 1.82) is 0 Å². The van der Waals surface area contributed by atoms with Gasteiger partial charge in [-0.05, 0) is 80.0 Å². The Morgan fingerprint density at radius 1 is 0.842 bits per heavy atom. The molecule has 38 heavy (non-hydrogen) atoms. The SMILES string of the molecule is CC(=O)O[C@@H]1C[C@@H]2[C@@]3(C)CC[C@@H](OC(C)=O)C(C)(C)C3CC[C@@]2(C)[C@]2(C)CC[C@](O)([C@]3(C)CCC(=O)O3)C12. The molecule has 1 heterocycles. The molecule has 0 aromatic carbocycles. The summed E-state index contributed by atoms with van der Waals surface area (Å²) in [4.78, 5) is 36.7. The van der Waals surface area contributed by atoms with E-state index in [1.54, 1.807) is 0 Å². The maximum Gasteiger partial charge on any atom is 0.306 e. The molecule has 214 valence electrons. The molecule has 5 fully saturated rings. The van der Waals surface area contributed by atoms with Crippen molar-refractivity contribution in [2.75, 3.05) is 0 Å². The molecular weight excluding hydrogens is 484 g/mol. The second-order valence-electron chi connectivity index (χ2n) is 14.9. The average Bonchev–Trinajstić information content (AvgIpc) is 3.30. The Balaban J connectivity index is 1.58. The van der Waals surface area contributed by atoms with Gasteiger partial charge in [-0.1, -0.05) is 34.6 Å². The number of hydrogen-bond donors (Lipinski definition) is 1. The molecular formula is C31H48O7. The molecule has 1 saturated heterocycles. The van der Waals surface area contributed by atoms with Gasteiger partial charge in [0.15, 0.2) is 0 Å². The number of carbonyl (C=O) groups excluding carboxylic acids is 3. The molecule has 5 aliphatic rings. The van der Waals surface area contributed by atoms with E-state index in [1.165, 1.54) is 13.8 Å². The van der Waals surface area contributed by atoms with Gasteiger partial charge in [-0.15, -0.1) is 0 Å². The third-order valence-corrected chi connectivity index (χ3v) is 13.0. The van der Waals surface area contributed by atoms with Crippen LogP contribution in [0.15, 0.2) is 0 Å². The van der Waals surface area contributed by atoms with Crippen molar-refractivity contribution in [3.8, 4) is 0 Å². The highest BCUT2D eigenvalue weighted by Gasteiger charge is 2.76. The molecule has 7 nitrogen and oxygen atoms in total. The van der Waals surface area contributed by atoms with Crippen LogP contribution in [0.5, 0.6) is 0 Å². The number of aliphatic hydroxyl groups is 1. The highest BCUT2D eigenvalue weighted by Crippen LogP contribution is 2.77. The summed E-state index contributed by atoms with van der Waals surface area (Å²) in [6.07, 6.45) is 6.03.